The topological polar surface area (TPSA) is 35.5 Å². The first-order valence-corrected chi connectivity index (χ1v) is 5.46. The lowest BCUT2D eigenvalue weighted by Gasteiger charge is -2.27. The number of carbonyl (C=O) groups excluding carboxylic acids is 1. The van der Waals surface area contributed by atoms with Crippen LogP contribution in [0.2, 0.25) is 0 Å². The van der Waals surface area contributed by atoms with Crippen molar-refractivity contribution in [1.82, 2.24) is 0 Å². The van der Waals surface area contributed by atoms with Gasteiger partial charge in [0.15, 0.2) is 13.2 Å². The van der Waals surface area contributed by atoms with E-state index in [4.69, 9.17) is 0 Å². The summed E-state index contributed by atoms with van der Waals surface area (Å²) in [6.07, 6.45) is -20.5. The summed E-state index contributed by atoms with van der Waals surface area (Å²) in [6.45, 7) is -5.73. The van der Waals surface area contributed by atoms with Crippen LogP contribution in [0.1, 0.15) is 0 Å². The number of alkyl halides is 13. The Hall–Kier alpha value is -1.64. The van der Waals surface area contributed by atoms with Crippen molar-refractivity contribution >= 4 is 6.16 Å². The van der Waals surface area contributed by atoms with Crippen LogP contribution in [0.4, 0.5) is 61.9 Å². The maximum Gasteiger partial charge on any atom is 0.508 e. The zero-order valence-corrected chi connectivity index (χ0v) is 11.1. The first-order valence-electron chi connectivity index (χ1n) is 5.46. The summed E-state index contributed by atoms with van der Waals surface area (Å²) in [5.74, 6) is -18.2. The van der Waals surface area contributed by atoms with Gasteiger partial charge in [0.05, 0.1) is 0 Å². The van der Waals surface area contributed by atoms with Crippen LogP contribution in [0.5, 0.6) is 0 Å². The SMILES string of the molecule is O=C(OCC(F)(F)[C@H](F)C(F)(F)F)OCC(F)(F)C(F)(F)C(F)(F)F. The van der Waals surface area contributed by atoms with E-state index in [1.807, 2.05) is 0 Å². The van der Waals surface area contributed by atoms with Gasteiger partial charge >= 0.3 is 36.3 Å². The Bertz CT molecular complexity index is 466. The number of halogens is 13. The summed E-state index contributed by atoms with van der Waals surface area (Å²) in [7, 11) is 0. The van der Waals surface area contributed by atoms with E-state index in [9.17, 15) is 61.9 Å². The quantitative estimate of drug-likeness (QED) is 0.480. The predicted molar refractivity (Wildman–Crippen MR) is 49.1 cm³/mol. The molecule has 1 atom stereocenters. The fraction of sp³-hybridized carbons (Fsp3) is 0.889. The normalized spacial score (nSPS) is 15.7. The third-order valence-electron chi connectivity index (χ3n) is 2.23. The van der Waals surface area contributed by atoms with Crippen molar-refractivity contribution in [2.75, 3.05) is 13.2 Å². The fourth-order valence-electron chi connectivity index (χ4n) is 0.957. The number of ether oxygens (including phenoxy) is 2. The van der Waals surface area contributed by atoms with Crippen molar-refractivity contribution in [1.29, 1.82) is 0 Å². The molecule has 0 aliphatic heterocycles. The van der Waals surface area contributed by atoms with Crippen LogP contribution >= 0.6 is 0 Å². The molecule has 0 aliphatic carbocycles. The van der Waals surface area contributed by atoms with Crippen LogP contribution in [0, 0.1) is 0 Å². The minimum Gasteiger partial charge on any atom is -0.428 e. The van der Waals surface area contributed by atoms with Crippen LogP contribution in [0.25, 0.3) is 0 Å². The van der Waals surface area contributed by atoms with Gasteiger partial charge < -0.3 is 9.47 Å². The van der Waals surface area contributed by atoms with Crippen LogP contribution < -0.4 is 0 Å². The molecule has 0 aromatic carbocycles. The van der Waals surface area contributed by atoms with Gasteiger partial charge in [-0.3, -0.25) is 0 Å². The summed E-state index contributed by atoms with van der Waals surface area (Å²) in [6, 6.07) is 0. The second kappa shape index (κ2) is 6.93. The summed E-state index contributed by atoms with van der Waals surface area (Å²) in [5, 5.41) is 0. The molecule has 0 aromatic heterocycles. The molecule has 0 N–H and O–H groups in total. The maximum atomic E-state index is 12.7. The van der Waals surface area contributed by atoms with Gasteiger partial charge in [0.2, 0.25) is 0 Å². The minimum atomic E-state index is -6.77. The van der Waals surface area contributed by atoms with E-state index >= 15 is 0 Å². The van der Waals surface area contributed by atoms with Crippen LogP contribution in [0.3, 0.4) is 0 Å². The number of hydrogen-bond donors (Lipinski definition) is 0. The van der Waals surface area contributed by atoms with Gasteiger partial charge in [-0.1, -0.05) is 0 Å². The molecule has 0 heterocycles. The lowest BCUT2D eigenvalue weighted by Crippen LogP contribution is -2.54. The van der Waals surface area contributed by atoms with Crippen LogP contribution in [0.15, 0.2) is 0 Å². The van der Waals surface area contributed by atoms with Crippen LogP contribution in [-0.2, 0) is 9.47 Å². The third-order valence-corrected chi connectivity index (χ3v) is 2.23. The molecule has 0 rings (SSSR count). The van der Waals surface area contributed by atoms with Gasteiger partial charge in [0.25, 0.3) is 6.17 Å². The molecule has 0 aliphatic rings. The summed E-state index contributed by atoms with van der Waals surface area (Å²) in [5.41, 5.74) is 0. The zero-order chi connectivity index (χ0) is 20.5. The second-order valence-electron chi connectivity index (χ2n) is 4.27. The van der Waals surface area contributed by atoms with Crippen molar-refractivity contribution in [3.63, 3.8) is 0 Å². The Morgan fingerprint density at radius 1 is 0.760 bits per heavy atom. The smallest absolute Gasteiger partial charge is 0.428 e. The van der Waals surface area contributed by atoms with E-state index in [-0.39, 0.29) is 0 Å². The van der Waals surface area contributed by atoms with Gasteiger partial charge in [0.1, 0.15) is 0 Å². The molecule has 0 saturated carbocycles. The number of hydrogen-bond acceptors (Lipinski definition) is 3. The molecule has 25 heavy (non-hydrogen) atoms. The molecular weight excluding hydrogens is 403 g/mol. The zero-order valence-electron chi connectivity index (χ0n) is 11.1. The Kier molecular flexibility index (Phi) is 6.48. The fourth-order valence-corrected chi connectivity index (χ4v) is 0.957. The minimum absolute atomic E-state index is 2.71. The summed E-state index contributed by atoms with van der Waals surface area (Å²) < 4.78 is 164. The van der Waals surface area contributed by atoms with Gasteiger partial charge in [-0.15, -0.1) is 0 Å². The molecule has 0 amide bonds. The Morgan fingerprint density at radius 3 is 1.52 bits per heavy atom. The summed E-state index contributed by atoms with van der Waals surface area (Å²) in [4.78, 5) is 10.5. The van der Waals surface area contributed by atoms with Crippen LogP contribution in [-0.4, -0.2) is 55.7 Å². The van der Waals surface area contributed by atoms with E-state index in [1.54, 1.807) is 0 Å². The Morgan fingerprint density at radius 2 is 1.16 bits per heavy atom. The first kappa shape index (κ1) is 23.4. The lowest BCUT2D eigenvalue weighted by molar-refractivity contribution is -0.359. The van der Waals surface area contributed by atoms with Gasteiger partial charge in [-0.25, -0.2) is 9.18 Å². The highest BCUT2D eigenvalue weighted by atomic mass is 19.4. The third kappa shape index (κ3) is 5.69. The lowest BCUT2D eigenvalue weighted by atomic mass is 10.2. The van der Waals surface area contributed by atoms with Crippen molar-refractivity contribution in [3.8, 4) is 0 Å². The highest BCUT2D eigenvalue weighted by Gasteiger charge is 2.73. The van der Waals surface area contributed by atoms with Crippen molar-refractivity contribution in [2.24, 2.45) is 0 Å². The molecule has 16 heteroatoms. The molecule has 3 nitrogen and oxygen atoms in total. The van der Waals surface area contributed by atoms with Crippen molar-refractivity contribution in [3.05, 3.63) is 0 Å². The van der Waals surface area contributed by atoms with Crippen molar-refractivity contribution < 1.29 is 71.3 Å². The van der Waals surface area contributed by atoms with E-state index in [1.165, 1.54) is 0 Å². The molecule has 150 valence electrons. The average Bonchev–Trinajstić information content (AvgIpc) is 2.39. The molecule has 0 aromatic rings. The van der Waals surface area contributed by atoms with E-state index in [0.717, 1.165) is 0 Å². The predicted octanol–water partition coefficient (Wildman–Crippen LogP) is 4.51. The standard InChI is InChI=1S/C9H5F13O3/c10-3(7(15,16)17)5(11,12)1-24-4(23)25-2-6(13,14)8(18,19)9(20,21)22/h3H,1-2H2/t3-/m0/s1. The molecule has 0 unspecified atom stereocenters. The van der Waals surface area contributed by atoms with Crippen molar-refractivity contribution in [2.45, 2.75) is 36.3 Å². The molecule has 0 bridgehead atoms. The molecule has 0 radical (unpaired) electrons. The summed E-state index contributed by atoms with van der Waals surface area (Å²) >= 11 is 0. The average molecular weight is 408 g/mol. The monoisotopic (exact) mass is 408 g/mol. The Balaban J connectivity index is 4.74. The van der Waals surface area contributed by atoms with Gasteiger partial charge in [-0.05, 0) is 0 Å². The molecule has 0 fully saturated rings. The van der Waals surface area contributed by atoms with Gasteiger partial charge in [-0.2, -0.15) is 52.7 Å². The maximum absolute atomic E-state index is 12.7. The Labute approximate surface area is 128 Å². The highest BCUT2D eigenvalue weighted by molar-refractivity contribution is 5.60. The van der Waals surface area contributed by atoms with E-state index in [0.29, 0.717) is 0 Å². The molecule has 0 saturated heterocycles. The second-order valence-corrected chi connectivity index (χ2v) is 4.27. The number of carbonyl (C=O) groups is 1. The van der Waals surface area contributed by atoms with E-state index in [2.05, 4.69) is 9.47 Å². The highest BCUT2D eigenvalue weighted by Crippen LogP contribution is 2.46. The van der Waals surface area contributed by atoms with Gasteiger partial charge in [0, 0.05) is 0 Å². The van der Waals surface area contributed by atoms with E-state index < -0.39 is 55.7 Å². The molecule has 0 spiro atoms. The largest absolute Gasteiger partial charge is 0.508 e. The number of rotatable bonds is 6. The molecular formula is C9H5F13O3. The first-order chi connectivity index (χ1) is 10.8.